The van der Waals surface area contributed by atoms with Crippen molar-refractivity contribution >= 4 is 45.2 Å². The van der Waals surface area contributed by atoms with Crippen LogP contribution in [0.4, 0.5) is 0 Å². The van der Waals surface area contributed by atoms with Crippen LogP contribution in [0.15, 0.2) is 54.6 Å². The fraction of sp³-hybridized carbons (Fsp3) is 0.0625. The Balaban J connectivity index is 0.00000110. The molecule has 0 aliphatic heterocycles. The number of para-hydroxylation sites is 2. The van der Waals surface area contributed by atoms with Gasteiger partial charge in [-0.1, -0.05) is 36.4 Å². The van der Waals surface area contributed by atoms with E-state index in [4.69, 9.17) is 4.98 Å². The van der Waals surface area contributed by atoms with E-state index in [1.165, 1.54) is 21.8 Å². The van der Waals surface area contributed by atoms with E-state index >= 15 is 0 Å². The predicted octanol–water partition coefficient (Wildman–Crippen LogP) is 4.30. The van der Waals surface area contributed by atoms with E-state index in [1.54, 1.807) is 0 Å². The Morgan fingerprint density at radius 2 is 1.63 bits per heavy atom. The average molecular weight is 269 g/mol. The zero-order valence-corrected chi connectivity index (χ0v) is 11.3. The van der Waals surface area contributed by atoms with Crippen LogP contribution in [-0.2, 0) is 7.05 Å². The number of rotatable bonds is 0. The minimum Gasteiger partial charge on any atom is -0.342 e. The third kappa shape index (κ3) is 1.60. The number of nitrogens with zero attached hydrogens (tertiary/aromatic N) is 2. The first-order valence-electron chi connectivity index (χ1n) is 6.07. The van der Waals surface area contributed by atoms with Crippen LogP contribution >= 0.6 is 12.4 Å². The maximum atomic E-state index is 4.81. The van der Waals surface area contributed by atoms with Crippen LogP contribution in [-0.4, -0.2) is 9.55 Å². The number of hydrogen-bond donors (Lipinski definition) is 0. The van der Waals surface area contributed by atoms with Crippen LogP contribution in [0.2, 0.25) is 0 Å². The van der Waals surface area contributed by atoms with Crippen molar-refractivity contribution in [2.24, 2.45) is 7.05 Å². The molecular formula is C16H13ClN2. The van der Waals surface area contributed by atoms with Crippen molar-refractivity contribution in [1.29, 1.82) is 0 Å². The SMILES string of the molecule is Cl.Cn1c2ccccc2c2nc3ccccc3cc21. The van der Waals surface area contributed by atoms with Gasteiger partial charge >= 0.3 is 0 Å². The molecule has 0 fully saturated rings. The smallest absolute Gasteiger partial charge is 0.0967 e. The molecule has 0 amide bonds. The summed E-state index contributed by atoms with van der Waals surface area (Å²) in [4.78, 5) is 4.81. The van der Waals surface area contributed by atoms with E-state index in [-0.39, 0.29) is 12.4 Å². The van der Waals surface area contributed by atoms with Gasteiger partial charge in [0, 0.05) is 17.8 Å². The first kappa shape index (κ1) is 12.0. The van der Waals surface area contributed by atoms with Crippen LogP contribution in [0.3, 0.4) is 0 Å². The van der Waals surface area contributed by atoms with Gasteiger partial charge < -0.3 is 4.57 Å². The molecule has 19 heavy (non-hydrogen) atoms. The Bertz CT molecular complexity index is 893. The van der Waals surface area contributed by atoms with Gasteiger partial charge in [0.2, 0.25) is 0 Å². The lowest BCUT2D eigenvalue weighted by Gasteiger charge is -1.99. The Hall–Kier alpha value is -2.06. The van der Waals surface area contributed by atoms with Crippen LogP contribution in [0.1, 0.15) is 0 Å². The lowest BCUT2D eigenvalue weighted by molar-refractivity contribution is 1.01. The van der Waals surface area contributed by atoms with Crippen molar-refractivity contribution in [1.82, 2.24) is 9.55 Å². The second kappa shape index (κ2) is 4.25. The predicted molar refractivity (Wildman–Crippen MR) is 83.0 cm³/mol. The van der Waals surface area contributed by atoms with E-state index in [0.29, 0.717) is 0 Å². The van der Waals surface area contributed by atoms with Gasteiger partial charge in [0.05, 0.1) is 22.1 Å². The van der Waals surface area contributed by atoms with Crippen molar-refractivity contribution in [3.05, 3.63) is 54.6 Å². The summed E-state index contributed by atoms with van der Waals surface area (Å²) in [6, 6.07) is 18.9. The topological polar surface area (TPSA) is 17.8 Å². The first-order valence-corrected chi connectivity index (χ1v) is 6.07. The van der Waals surface area contributed by atoms with Crippen molar-refractivity contribution in [3.63, 3.8) is 0 Å². The molecule has 0 aliphatic carbocycles. The quantitative estimate of drug-likeness (QED) is 0.465. The average Bonchev–Trinajstić information content (AvgIpc) is 2.71. The van der Waals surface area contributed by atoms with Gasteiger partial charge in [0.1, 0.15) is 0 Å². The Morgan fingerprint density at radius 1 is 0.895 bits per heavy atom. The molecule has 2 heterocycles. The Morgan fingerprint density at radius 3 is 2.53 bits per heavy atom. The van der Waals surface area contributed by atoms with E-state index in [2.05, 4.69) is 60.1 Å². The number of benzene rings is 2. The normalized spacial score (nSPS) is 11.0. The van der Waals surface area contributed by atoms with Gasteiger partial charge in [-0.15, -0.1) is 12.4 Å². The molecule has 94 valence electrons. The van der Waals surface area contributed by atoms with Gasteiger partial charge in [0.15, 0.2) is 0 Å². The summed E-state index contributed by atoms with van der Waals surface area (Å²) in [5, 5.41) is 2.41. The number of fused-ring (bicyclic) bond motifs is 4. The number of aromatic nitrogens is 2. The van der Waals surface area contributed by atoms with Gasteiger partial charge in [-0.3, -0.25) is 0 Å². The molecule has 0 atom stereocenters. The zero-order valence-electron chi connectivity index (χ0n) is 10.5. The van der Waals surface area contributed by atoms with Crippen LogP contribution < -0.4 is 0 Å². The van der Waals surface area contributed by atoms with E-state index in [0.717, 1.165) is 11.0 Å². The molecule has 0 saturated heterocycles. The molecule has 4 aromatic rings. The van der Waals surface area contributed by atoms with Gasteiger partial charge in [0.25, 0.3) is 0 Å². The fourth-order valence-corrected chi connectivity index (χ4v) is 2.65. The summed E-state index contributed by atoms with van der Waals surface area (Å²) in [5.74, 6) is 0. The molecule has 2 nitrogen and oxygen atoms in total. The highest BCUT2D eigenvalue weighted by Gasteiger charge is 2.09. The number of hydrogen-bond acceptors (Lipinski definition) is 1. The largest absolute Gasteiger partial charge is 0.342 e. The van der Waals surface area contributed by atoms with E-state index in [9.17, 15) is 0 Å². The van der Waals surface area contributed by atoms with Crippen molar-refractivity contribution in [2.75, 3.05) is 0 Å². The summed E-state index contributed by atoms with van der Waals surface area (Å²) in [5.41, 5.74) is 4.57. The molecule has 2 aromatic heterocycles. The fourth-order valence-electron chi connectivity index (χ4n) is 2.65. The highest BCUT2D eigenvalue weighted by molar-refractivity contribution is 6.08. The van der Waals surface area contributed by atoms with Crippen molar-refractivity contribution < 1.29 is 0 Å². The van der Waals surface area contributed by atoms with Crippen LogP contribution in [0, 0.1) is 0 Å². The Labute approximate surface area is 117 Å². The van der Waals surface area contributed by atoms with Crippen molar-refractivity contribution in [2.45, 2.75) is 0 Å². The molecule has 0 saturated carbocycles. The summed E-state index contributed by atoms with van der Waals surface area (Å²) in [6.07, 6.45) is 0. The summed E-state index contributed by atoms with van der Waals surface area (Å²) >= 11 is 0. The molecular weight excluding hydrogens is 256 g/mol. The third-order valence-electron chi connectivity index (χ3n) is 3.59. The molecule has 0 aliphatic rings. The maximum absolute atomic E-state index is 4.81. The second-order valence-electron chi connectivity index (χ2n) is 4.62. The molecule has 0 spiro atoms. The molecule has 3 heteroatoms. The monoisotopic (exact) mass is 268 g/mol. The van der Waals surface area contributed by atoms with Gasteiger partial charge in [-0.2, -0.15) is 0 Å². The van der Waals surface area contributed by atoms with Gasteiger partial charge in [-0.05, 0) is 18.2 Å². The highest BCUT2D eigenvalue weighted by atomic mass is 35.5. The standard InChI is InChI=1S/C16H12N2.ClH/c1-18-14-9-5-3-7-12(14)16-15(18)10-11-6-2-4-8-13(11)17-16;/h2-10H,1H3;1H. The third-order valence-corrected chi connectivity index (χ3v) is 3.59. The first-order chi connectivity index (χ1) is 8.84. The number of pyridine rings is 1. The lowest BCUT2D eigenvalue weighted by atomic mass is 10.2. The van der Waals surface area contributed by atoms with Crippen molar-refractivity contribution in [3.8, 4) is 0 Å². The van der Waals surface area contributed by atoms with Gasteiger partial charge in [-0.25, -0.2) is 4.98 Å². The molecule has 2 aromatic carbocycles. The lowest BCUT2D eigenvalue weighted by Crippen LogP contribution is -1.87. The number of aryl methyl sites for hydroxylation is 1. The van der Waals surface area contributed by atoms with Crippen LogP contribution in [0.5, 0.6) is 0 Å². The summed E-state index contributed by atoms with van der Waals surface area (Å²) in [6.45, 7) is 0. The molecule has 0 unspecified atom stereocenters. The van der Waals surface area contributed by atoms with E-state index < -0.39 is 0 Å². The number of halogens is 1. The minimum atomic E-state index is 0. The highest BCUT2D eigenvalue weighted by Crippen LogP contribution is 2.28. The zero-order chi connectivity index (χ0) is 12.1. The minimum absolute atomic E-state index is 0. The molecule has 4 rings (SSSR count). The van der Waals surface area contributed by atoms with Crippen LogP contribution in [0.25, 0.3) is 32.8 Å². The molecule has 0 radical (unpaired) electrons. The summed E-state index contributed by atoms with van der Waals surface area (Å²) in [7, 11) is 2.10. The summed E-state index contributed by atoms with van der Waals surface area (Å²) < 4.78 is 2.21. The molecule has 0 bridgehead atoms. The van der Waals surface area contributed by atoms with E-state index in [1.807, 2.05) is 6.07 Å². The molecule has 0 N–H and O–H groups in total. The second-order valence-corrected chi connectivity index (χ2v) is 4.62. The maximum Gasteiger partial charge on any atom is 0.0967 e. The Kier molecular flexibility index (Phi) is 2.68.